The number of hydrogen-bond donors (Lipinski definition) is 1. The summed E-state index contributed by atoms with van der Waals surface area (Å²) < 4.78 is 11.3. The first kappa shape index (κ1) is 16.9. The summed E-state index contributed by atoms with van der Waals surface area (Å²) in [4.78, 5) is 10.5. The molecule has 0 atom stereocenters. The van der Waals surface area contributed by atoms with Crippen molar-refractivity contribution in [3.05, 3.63) is 38.8 Å². The number of rotatable bonds is 6. The molecule has 108 valence electrons. The van der Waals surface area contributed by atoms with Gasteiger partial charge in [0.2, 0.25) is 0 Å². The van der Waals surface area contributed by atoms with Crippen LogP contribution < -0.4 is 9.47 Å². The Bertz CT molecular complexity index is 556. The van der Waals surface area contributed by atoms with Crippen LogP contribution in [-0.4, -0.2) is 24.8 Å². The molecule has 0 aliphatic carbocycles. The highest BCUT2D eigenvalue weighted by atomic mass is 79.9. The summed E-state index contributed by atoms with van der Waals surface area (Å²) in [5.41, 5.74) is 1.87. The van der Waals surface area contributed by atoms with E-state index < -0.39 is 5.97 Å². The van der Waals surface area contributed by atoms with E-state index in [0.29, 0.717) is 26.6 Å². The number of benzene rings is 1. The Balaban J connectivity index is 3.04. The molecule has 0 aliphatic heterocycles. The fourth-order valence-corrected chi connectivity index (χ4v) is 2.01. The van der Waals surface area contributed by atoms with Crippen LogP contribution in [0.4, 0.5) is 0 Å². The number of aliphatic carboxylic acids is 1. The van der Waals surface area contributed by atoms with Crippen molar-refractivity contribution in [2.75, 3.05) is 13.7 Å². The van der Waals surface area contributed by atoms with Crippen LogP contribution in [0.3, 0.4) is 0 Å². The highest BCUT2D eigenvalue weighted by Crippen LogP contribution is 2.37. The van der Waals surface area contributed by atoms with E-state index in [2.05, 4.69) is 15.9 Å². The third-order valence-electron chi connectivity index (χ3n) is 2.14. The van der Waals surface area contributed by atoms with Crippen molar-refractivity contribution in [2.45, 2.75) is 0 Å². The quantitative estimate of drug-likeness (QED) is 0.748. The summed E-state index contributed by atoms with van der Waals surface area (Å²) in [6.45, 7) is 0.102. The SMILES string of the molecule is COc1cc(C=CC(=O)O)cc(Br)c1OCC(Cl)=CCl. The Morgan fingerprint density at radius 2 is 2.20 bits per heavy atom. The minimum atomic E-state index is -1.03. The van der Waals surface area contributed by atoms with E-state index in [4.69, 9.17) is 37.8 Å². The molecule has 1 N–H and O–H groups in total. The molecular weight excluding hydrogens is 371 g/mol. The molecule has 0 radical (unpaired) electrons. The van der Waals surface area contributed by atoms with Crippen LogP contribution in [0.5, 0.6) is 11.5 Å². The number of hydrogen-bond acceptors (Lipinski definition) is 3. The molecule has 0 aliphatic rings. The molecule has 0 fully saturated rings. The van der Waals surface area contributed by atoms with Crippen LogP contribution in [0.2, 0.25) is 0 Å². The molecule has 20 heavy (non-hydrogen) atoms. The van der Waals surface area contributed by atoms with Crippen molar-refractivity contribution in [3.8, 4) is 11.5 Å². The first-order valence-corrected chi connectivity index (χ1v) is 6.94. The Labute approximate surface area is 134 Å². The van der Waals surface area contributed by atoms with Gasteiger partial charge in [0.05, 0.1) is 16.6 Å². The fourth-order valence-electron chi connectivity index (χ4n) is 1.32. The Morgan fingerprint density at radius 3 is 2.75 bits per heavy atom. The van der Waals surface area contributed by atoms with Crippen LogP contribution in [0.15, 0.2) is 33.2 Å². The minimum Gasteiger partial charge on any atom is -0.493 e. The van der Waals surface area contributed by atoms with Gasteiger partial charge < -0.3 is 14.6 Å². The minimum absolute atomic E-state index is 0.102. The second-order valence-corrected chi connectivity index (χ2v) is 5.11. The molecule has 4 nitrogen and oxygen atoms in total. The molecule has 0 aromatic heterocycles. The molecular formula is C13H11BrCl2O4. The van der Waals surface area contributed by atoms with Gasteiger partial charge in [-0.1, -0.05) is 23.2 Å². The van der Waals surface area contributed by atoms with Crippen molar-refractivity contribution >= 4 is 51.2 Å². The summed E-state index contributed by atoms with van der Waals surface area (Å²) in [5, 5.41) is 8.95. The molecule has 1 aromatic rings. The van der Waals surface area contributed by atoms with Gasteiger partial charge in [-0.3, -0.25) is 0 Å². The predicted octanol–water partition coefficient (Wildman–Crippen LogP) is 4.25. The fraction of sp³-hybridized carbons (Fsp3) is 0.154. The van der Waals surface area contributed by atoms with Gasteiger partial charge in [-0.2, -0.15) is 0 Å². The number of ether oxygens (including phenoxy) is 2. The lowest BCUT2D eigenvalue weighted by atomic mass is 10.2. The number of carbonyl (C=O) groups is 1. The molecule has 0 bridgehead atoms. The van der Waals surface area contributed by atoms with Gasteiger partial charge in [-0.15, -0.1) is 0 Å². The lowest BCUT2D eigenvalue weighted by Gasteiger charge is -2.13. The van der Waals surface area contributed by atoms with E-state index in [1.54, 1.807) is 12.1 Å². The number of methoxy groups -OCH3 is 1. The third-order valence-corrected chi connectivity index (χ3v) is 3.33. The maximum absolute atomic E-state index is 10.5. The van der Waals surface area contributed by atoms with Crippen LogP contribution in [0, 0.1) is 0 Å². The monoisotopic (exact) mass is 380 g/mol. The molecule has 0 unspecified atom stereocenters. The Morgan fingerprint density at radius 1 is 1.50 bits per heavy atom. The number of halogens is 3. The third kappa shape index (κ3) is 5.07. The van der Waals surface area contributed by atoms with Gasteiger partial charge in [0.15, 0.2) is 11.5 Å². The van der Waals surface area contributed by atoms with E-state index in [1.807, 2.05) is 0 Å². The van der Waals surface area contributed by atoms with Gasteiger partial charge in [-0.05, 0) is 39.7 Å². The smallest absolute Gasteiger partial charge is 0.328 e. The van der Waals surface area contributed by atoms with Crippen molar-refractivity contribution < 1.29 is 19.4 Å². The summed E-state index contributed by atoms with van der Waals surface area (Å²) >= 11 is 14.5. The summed E-state index contributed by atoms with van der Waals surface area (Å²) in [6, 6.07) is 3.35. The van der Waals surface area contributed by atoms with Crippen LogP contribution >= 0.6 is 39.1 Å². The van der Waals surface area contributed by atoms with E-state index >= 15 is 0 Å². The van der Waals surface area contributed by atoms with E-state index in [0.717, 1.165) is 6.08 Å². The second kappa shape index (κ2) is 8.19. The normalized spacial score (nSPS) is 11.7. The number of carboxylic acids is 1. The predicted molar refractivity (Wildman–Crippen MR) is 82.6 cm³/mol. The highest BCUT2D eigenvalue weighted by Gasteiger charge is 2.11. The van der Waals surface area contributed by atoms with Crippen molar-refractivity contribution in [1.82, 2.24) is 0 Å². The Hall–Kier alpha value is -1.17. The average molecular weight is 382 g/mol. The molecule has 1 aromatic carbocycles. The first-order chi connectivity index (χ1) is 9.47. The maximum atomic E-state index is 10.5. The molecule has 0 saturated carbocycles. The molecule has 0 amide bonds. The van der Waals surface area contributed by atoms with Crippen molar-refractivity contribution in [2.24, 2.45) is 0 Å². The summed E-state index contributed by atoms with van der Waals surface area (Å²) in [5.74, 6) is -0.125. The largest absolute Gasteiger partial charge is 0.493 e. The van der Waals surface area contributed by atoms with Gasteiger partial charge in [-0.25, -0.2) is 4.79 Å². The van der Waals surface area contributed by atoms with Crippen LogP contribution in [-0.2, 0) is 4.79 Å². The van der Waals surface area contributed by atoms with Gasteiger partial charge in [0.1, 0.15) is 6.61 Å². The second-order valence-electron chi connectivity index (χ2n) is 3.55. The van der Waals surface area contributed by atoms with Gasteiger partial charge in [0.25, 0.3) is 0 Å². The zero-order valence-corrected chi connectivity index (χ0v) is 13.5. The zero-order valence-electron chi connectivity index (χ0n) is 10.4. The topological polar surface area (TPSA) is 55.8 Å². The first-order valence-electron chi connectivity index (χ1n) is 5.34. The zero-order chi connectivity index (χ0) is 15.1. The molecule has 7 heteroatoms. The van der Waals surface area contributed by atoms with E-state index in [-0.39, 0.29) is 6.61 Å². The molecule has 0 saturated heterocycles. The van der Waals surface area contributed by atoms with E-state index in [1.165, 1.54) is 18.7 Å². The lowest BCUT2D eigenvalue weighted by molar-refractivity contribution is -0.131. The highest BCUT2D eigenvalue weighted by molar-refractivity contribution is 9.10. The van der Waals surface area contributed by atoms with Gasteiger partial charge >= 0.3 is 5.97 Å². The maximum Gasteiger partial charge on any atom is 0.328 e. The van der Waals surface area contributed by atoms with Gasteiger partial charge in [0, 0.05) is 11.6 Å². The molecule has 0 spiro atoms. The molecule has 0 heterocycles. The molecule has 1 rings (SSSR count). The number of carboxylic acid groups (broad SMARTS) is 1. The van der Waals surface area contributed by atoms with Crippen molar-refractivity contribution in [1.29, 1.82) is 0 Å². The average Bonchev–Trinajstić information content (AvgIpc) is 2.42. The van der Waals surface area contributed by atoms with E-state index in [9.17, 15) is 4.79 Å². The Kier molecular flexibility index (Phi) is 6.91. The van der Waals surface area contributed by atoms with Crippen LogP contribution in [0.1, 0.15) is 5.56 Å². The summed E-state index contributed by atoms with van der Waals surface area (Å²) in [6.07, 6.45) is 2.49. The summed E-state index contributed by atoms with van der Waals surface area (Å²) in [7, 11) is 1.48. The standard InChI is InChI=1S/C13H11BrCl2O4/c1-19-11-5-8(2-3-12(17)18)4-10(14)13(11)20-7-9(16)6-15/h2-6H,7H2,1H3,(H,17,18). The van der Waals surface area contributed by atoms with Crippen LogP contribution in [0.25, 0.3) is 6.08 Å². The van der Waals surface area contributed by atoms with Crippen molar-refractivity contribution in [3.63, 3.8) is 0 Å². The lowest BCUT2D eigenvalue weighted by Crippen LogP contribution is -2.00.